The van der Waals surface area contributed by atoms with Gasteiger partial charge in [0, 0.05) is 16.5 Å². The number of nitrogens with two attached hydrogens (primary N) is 1. The van der Waals surface area contributed by atoms with Gasteiger partial charge in [0.25, 0.3) is 0 Å². The van der Waals surface area contributed by atoms with Crippen molar-refractivity contribution < 1.29 is 0 Å². The van der Waals surface area contributed by atoms with Gasteiger partial charge in [-0.3, -0.25) is 4.90 Å². The van der Waals surface area contributed by atoms with Gasteiger partial charge < -0.3 is 5.73 Å². The number of rotatable bonds is 5. The van der Waals surface area contributed by atoms with E-state index in [1.807, 2.05) is 0 Å². The van der Waals surface area contributed by atoms with Crippen LogP contribution in [0.4, 0.5) is 0 Å². The topological polar surface area (TPSA) is 29.3 Å². The zero-order valence-corrected chi connectivity index (χ0v) is 19.2. The molecule has 0 aromatic heterocycles. The first-order valence-corrected chi connectivity index (χ1v) is 12.0. The second-order valence-corrected chi connectivity index (χ2v) is 10.4. The molecule has 0 heterocycles. The Morgan fingerprint density at radius 3 is 1.77 bits per heavy atom. The lowest BCUT2D eigenvalue weighted by Crippen LogP contribution is -2.64. The van der Waals surface area contributed by atoms with E-state index in [2.05, 4.69) is 86.6 Å². The molecule has 0 radical (unpaired) electrons. The van der Waals surface area contributed by atoms with Gasteiger partial charge in [-0.15, -0.1) is 0 Å². The third-order valence-electron chi connectivity index (χ3n) is 8.91. The maximum atomic E-state index is 7.42. The Balaban J connectivity index is 1.73. The van der Waals surface area contributed by atoms with Crippen LogP contribution in [0.2, 0.25) is 0 Å². The number of hydrogen-bond acceptors (Lipinski definition) is 2. The molecule has 2 fully saturated rings. The average Bonchev–Trinajstić information content (AvgIpc) is 2.80. The Bertz CT molecular complexity index is 795. The predicted molar refractivity (Wildman–Crippen MR) is 128 cm³/mol. The van der Waals surface area contributed by atoms with E-state index in [0.29, 0.717) is 5.92 Å². The van der Waals surface area contributed by atoms with Crippen molar-refractivity contribution >= 4 is 0 Å². The van der Waals surface area contributed by atoms with Gasteiger partial charge in [-0.25, -0.2) is 0 Å². The van der Waals surface area contributed by atoms with Crippen LogP contribution in [0, 0.1) is 5.92 Å². The Labute approximate surface area is 183 Å². The minimum Gasteiger partial charge on any atom is -0.324 e. The SMILES string of the molecule is CN(C)C1(c2ccccc2)CCC(c2ccccc2)(C(C)(N)C2CCCCC2)CC1. The van der Waals surface area contributed by atoms with Crippen LogP contribution < -0.4 is 5.73 Å². The summed E-state index contributed by atoms with van der Waals surface area (Å²) < 4.78 is 0. The lowest BCUT2D eigenvalue weighted by Gasteiger charge is -2.58. The van der Waals surface area contributed by atoms with Crippen molar-refractivity contribution in [2.45, 2.75) is 81.2 Å². The van der Waals surface area contributed by atoms with E-state index in [0.717, 1.165) is 25.7 Å². The fraction of sp³-hybridized carbons (Fsp3) is 0.571. The number of nitrogens with zero attached hydrogens (tertiary/aromatic N) is 1. The molecule has 2 saturated carbocycles. The zero-order chi connectivity index (χ0) is 21.2. The largest absolute Gasteiger partial charge is 0.324 e. The van der Waals surface area contributed by atoms with Crippen molar-refractivity contribution in [3.63, 3.8) is 0 Å². The maximum Gasteiger partial charge on any atom is 0.0455 e. The molecule has 0 spiro atoms. The first-order valence-electron chi connectivity index (χ1n) is 12.0. The Kier molecular flexibility index (Phi) is 6.10. The molecule has 2 aromatic rings. The molecule has 2 aliphatic carbocycles. The summed E-state index contributed by atoms with van der Waals surface area (Å²) in [6.07, 6.45) is 11.2. The first-order chi connectivity index (χ1) is 14.4. The smallest absolute Gasteiger partial charge is 0.0455 e. The van der Waals surface area contributed by atoms with Gasteiger partial charge in [0.15, 0.2) is 0 Å². The van der Waals surface area contributed by atoms with E-state index in [1.54, 1.807) is 0 Å². The summed E-state index contributed by atoms with van der Waals surface area (Å²) in [5.74, 6) is 0.620. The lowest BCUT2D eigenvalue weighted by molar-refractivity contribution is 0.0143. The summed E-state index contributed by atoms with van der Waals surface area (Å²) in [5, 5.41) is 0. The summed E-state index contributed by atoms with van der Waals surface area (Å²) in [7, 11) is 4.51. The molecule has 2 N–H and O–H groups in total. The first kappa shape index (κ1) is 21.6. The van der Waals surface area contributed by atoms with E-state index < -0.39 is 0 Å². The van der Waals surface area contributed by atoms with Crippen molar-refractivity contribution in [1.82, 2.24) is 4.90 Å². The van der Waals surface area contributed by atoms with Crippen LogP contribution in [0.5, 0.6) is 0 Å². The highest BCUT2D eigenvalue weighted by Gasteiger charge is 2.55. The molecule has 2 heteroatoms. The number of benzene rings is 2. The minimum atomic E-state index is -0.177. The van der Waals surface area contributed by atoms with E-state index in [4.69, 9.17) is 5.73 Å². The van der Waals surface area contributed by atoms with E-state index >= 15 is 0 Å². The summed E-state index contributed by atoms with van der Waals surface area (Å²) in [4.78, 5) is 2.46. The second-order valence-electron chi connectivity index (χ2n) is 10.4. The summed E-state index contributed by atoms with van der Waals surface area (Å²) in [5.41, 5.74) is 10.3. The summed E-state index contributed by atoms with van der Waals surface area (Å²) in [6.45, 7) is 2.39. The van der Waals surface area contributed by atoms with Gasteiger partial charge in [-0.2, -0.15) is 0 Å². The highest BCUT2D eigenvalue weighted by atomic mass is 15.1. The maximum absolute atomic E-state index is 7.42. The molecule has 4 rings (SSSR count). The summed E-state index contributed by atoms with van der Waals surface area (Å²) in [6, 6.07) is 22.4. The molecule has 1 unspecified atom stereocenters. The van der Waals surface area contributed by atoms with Crippen molar-refractivity contribution in [2.75, 3.05) is 14.1 Å². The second kappa shape index (κ2) is 8.48. The molecule has 0 bridgehead atoms. The molecule has 1 atom stereocenters. The van der Waals surface area contributed by atoms with Crippen LogP contribution in [0.1, 0.15) is 75.8 Å². The third-order valence-corrected chi connectivity index (χ3v) is 8.91. The van der Waals surface area contributed by atoms with E-state index in [1.165, 1.54) is 43.2 Å². The Morgan fingerprint density at radius 1 is 0.767 bits per heavy atom. The van der Waals surface area contributed by atoms with Crippen molar-refractivity contribution in [1.29, 1.82) is 0 Å². The van der Waals surface area contributed by atoms with Gasteiger partial charge in [0.1, 0.15) is 0 Å². The van der Waals surface area contributed by atoms with Crippen molar-refractivity contribution in [3.05, 3.63) is 71.8 Å². The quantitative estimate of drug-likeness (QED) is 0.638. The van der Waals surface area contributed by atoms with Crippen molar-refractivity contribution in [2.24, 2.45) is 11.7 Å². The standard InChI is InChI=1S/C28H40N2/c1-26(29,23-13-7-4-8-14-23)27(24-15-9-5-10-16-24)19-21-28(22-20-27,30(2)3)25-17-11-6-12-18-25/h5-6,9-12,15-18,23H,4,7-8,13-14,19-22,29H2,1-3H3. The third kappa shape index (κ3) is 3.52. The van der Waals surface area contributed by atoms with Crippen LogP contribution in [-0.2, 0) is 11.0 Å². The Morgan fingerprint density at radius 2 is 1.27 bits per heavy atom. The van der Waals surface area contributed by atoms with Crippen molar-refractivity contribution in [3.8, 4) is 0 Å². The molecule has 162 valence electrons. The fourth-order valence-electron chi connectivity index (χ4n) is 6.82. The highest BCUT2D eigenvalue weighted by molar-refractivity contribution is 5.35. The van der Waals surface area contributed by atoms with Crippen LogP contribution in [-0.4, -0.2) is 24.5 Å². The van der Waals surface area contributed by atoms with Gasteiger partial charge in [-0.1, -0.05) is 79.9 Å². The molecule has 0 aliphatic heterocycles. The molecular formula is C28H40N2. The molecule has 2 nitrogen and oxygen atoms in total. The normalized spacial score (nSPS) is 30.2. The molecule has 30 heavy (non-hydrogen) atoms. The predicted octanol–water partition coefficient (Wildman–Crippen LogP) is 6.25. The lowest BCUT2D eigenvalue weighted by atomic mass is 9.51. The average molecular weight is 405 g/mol. The summed E-state index contributed by atoms with van der Waals surface area (Å²) >= 11 is 0. The Hall–Kier alpha value is -1.64. The van der Waals surface area contributed by atoms with Crippen LogP contribution in [0.15, 0.2) is 60.7 Å². The van der Waals surface area contributed by atoms with Gasteiger partial charge >= 0.3 is 0 Å². The van der Waals surface area contributed by atoms with Crippen LogP contribution in [0.25, 0.3) is 0 Å². The number of hydrogen-bond donors (Lipinski definition) is 1. The highest BCUT2D eigenvalue weighted by Crippen LogP contribution is 2.56. The van der Waals surface area contributed by atoms with Gasteiger partial charge in [0.05, 0.1) is 0 Å². The minimum absolute atomic E-state index is 0.0462. The van der Waals surface area contributed by atoms with E-state index in [9.17, 15) is 0 Å². The molecule has 2 aromatic carbocycles. The van der Waals surface area contributed by atoms with Gasteiger partial charge in [0.2, 0.25) is 0 Å². The van der Waals surface area contributed by atoms with Crippen LogP contribution >= 0.6 is 0 Å². The molecule has 0 amide bonds. The monoisotopic (exact) mass is 404 g/mol. The van der Waals surface area contributed by atoms with E-state index in [-0.39, 0.29) is 16.5 Å². The van der Waals surface area contributed by atoms with Crippen LogP contribution in [0.3, 0.4) is 0 Å². The van der Waals surface area contributed by atoms with Gasteiger partial charge in [-0.05, 0) is 76.6 Å². The molecule has 2 aliphatic rings. The fourth-order valence-corrected chi connectivity index (χ4v) is 6.82. The zero-order valence-electron chi connectivity index (χ0n) is 19.2. The molecule has 0 saturated heterocycles. The molecular weight excluding hydrogens is 364 g/mol.